The topological polar surface area (TPSA) is 57.7 Å². The molecule has 1 N–H and O–H groups in total. The Hall–Kier alpha value is -2.47. The minimum absolute atomic E-state index is 0.169. The lowest BCUT2D eigenvalue weighted by molar-refractivity contribution is 0.208. The molecule has 0 aliphatic carbocycles. The lowest BCUT2D eigenvalue weighted by atomic mass is 10.2. The van der Waals surface area contributed by atoms with Crippen LogP contribution in [0.25, 0.3) is 0 Å². The van der Waals surface area contributed by atoms with E-state index in [-0.39, 0.29) is 6.03 Å². The van der Waals surface area contributed by atoms with E-state index in [9.17, 15) is 4.79 Å². The number of hydrogen-bond acceptors (Lipinski definition) is 4. The highest BCUT2D eigenvalue weighted by Crippen LogP contribution is 2.22. The van der Waals surface area contributed by atoms with Gasteiger partial charge in [-0.2, -0.15) is 0 Å². The molecule has 3 rings (SSSR count). The molecule has 2 aromatic rings. The van der Waals surface area contributed by atoms with Crippen LogP contribution >= 0.6 is 11.6 Å². The third kappa shape index (κ3) is 3.71. The number of carbonyl (C=O) groups excluding carboxylic acids is 1. The van der Waals surface area contributed by atoms with Crippen LogP contribution in [0.1, 0.15) is 0 Å². The fourth-order valence-electron chi connectivity index (χ4n) is 2.67. The van der Waals surface area contributed by atoms with Crippen molar-refractivity contribution in [1.29, 1.82) is 0 Å². The predicted molar refractivity (Wildman–Crippen MR) is 95.0 cm³/mol. The molecule has 0 unspecified atom stereocenters. The number of benzene rings is 1. The van der Waals surface area contributed by atoms with Gasteiger partial charge in [0.05, 0.1) is 7.11 Å². The van der Waals surface area contributed by atoms with Crippen LogP contribution < -0.4 is 15.0 Å². The van der Waals surface area contributed by atoms with E-state index in [4.69, 9.17) is 16.3 Å². The average molecular weight is 347 g/mol. The van der Waals surface area contributed by atoms with Crippen LogP contribution in [0.4, 0.5) is 16.3 Å². The molecule has 2 heterocycles. The van der Waals surface area contributed by atoms with Gasteiger partial charge in [-0.25, -0.2) is 9.78 Å². The predicted octanol–water partition coefficient (Wildman–Crippen LogP) is 3.10. The van der Waals surface area contributed by atoms with Gasteiger partial charge in [-0.3, -0.25) is 5.32 Å². The summed E-state index contributed by atoms with van der Waals surface area (Å²) >= 11 is 6.04. The second-order valence-corrected chi connectivity index (χ2v) is 5.87. The monoisotopic (exact) mass is 346 g/mol. The highest BCUT2D eigenvalue weighted by molar-refractivity contribution is 6.30. The number of nitrogens with one attached hydrogen (secondary N) is 1. The smallest absolute Gasteiger partial charge is 0.323 e. The largest absolute Gasteiger partial charge is 0.493 e. The average Bonchev–Trinajstić information content (AvgIpc) is 2.62. The van der Waals surface area contributed by atoms with Crippen molar-refractivity contribution in [3.63, 3.8) is 0 Å². The van der Waals surface area contributed by atoms with Gasteiger partial charge >= 0.3 is 6.03 Å². The molecule has 1 saturated heterocycles. The van der Waals surface area contributed by atoms with Crippen molar-refractivity contribution >= 4 is 29.1 Å². The van der Waals surface area contributed by atoms with Crippen molar-refractivity contribution in [3.8, 4) is 5.75 Å². The molecule has 126 valence electrons. The van der Waals surface area contributed by atoms with E-state index >= 15 is 0 Å². The van der Waals surface area contributed by atoms with Gasteiger partial charge in [-0.1, -0.05) is 17.7 Å². The van der Waals surface area contributed by atoms with Crippen LogP contribution in [-0.4, -0.2) is 49.2 Å². The number of ether oxygens (including phenoxy) is 1. The molecule has 0 bridgehead atoms. The van der Waals surface area contributed by atoms with Crippen molar-refractivity contribution in [3.05, 3.63) is 47.6 Å². The van der Waals surface area contributed by atoms with Crippen LogP contribution in [0.5, 0.6) is 5.75 Å². The van der Waals surface area contributed by atoms with Gasteiger partial charge in [0.1, 0.15) is 0 Å². The number of halogens is 1. The Morgan fingerprint density at radius 1 is 1.21 bits per heavy atom. The molecule has 7 heteroatoms. The van der Waals surface area contributed by atoms with Crippen LogP contribution in [0.2, 0.25) is 5.02 Å². The van der Waals surface area contributed by atoms with Gasteiger partial charge in [0.2, 0.25) is 0 Å². The van der Waals surface area contributed by atoms with Crippen LogP contribution in [0.3, 0.4) is 0 Å². The molecule has 1 aromatic heterocycles. The van der Waals surface area contributed by atoms with E-state index in [1.807, 2.05) is 24.3 Å². The van der Waals surface area contributed by atoms with E-state index in [1.165, 1.54) is 0 Å². The van der Waals surface area contributed by atoms with Gasteiger partial charge in [0.15, 0.2) is 11.6 Å². The first-order valence-corrected chi connectivity index (χ1v) is 8.10. The molecule has 0 saturated carbocycles. The highest BCUT2D eigenvalue weighted by Gasteiger charge is 2.22. The van der Waals surface area contributed by atoms with Gasteiger partial charge in [-0.05, 0) is 30.3 Å². The molecule has 0 spiro atoms. The number of methoxy groups -OCH3 is 1. The van der Waals surface area contributed by atoms with Gasteiger partial charge in [0, 0.05) is 43.1 Å². The number of nitrogens with zero attached hydrogens (tertiary/aromatic N) is 3. The molecule has 2 amide bonds. The molecule has 1 fully saturated rings. The van der Waals surface area contributed by atoms with E-state index in [2.05, 4.69) is 15.2 Å². The maximum atomic E-state index is 12.4. The molecule has 1 aliphatic rings. The van der Waals surface area contributed by atoms with E-state index in [1.54, 1.807) is 30.3 Å². The molecular formula is C17H19ClN4O2. The molecular weight excluding hydrogens is 328 g/mol. The minimum atomic E-state index is -0.169. The van der Waals surface area contributed by atoms with Gasteiger partial charge in [0.25, 0.3) is 0 Å². The van der Waals surface area contributed by atoms with Crippen LogP contribution in [0.15, 0.2) is 42.6 Å². The number of aromatic nitrogens is 1. The highest BCUT2D eigenvalue weighted by atomic mass is 35.5. The Bertz CT molecular complexity index is 717. The normalized spacial score (nSPS) is 14.4. The zero-order valence-electron chi connectivity index (χ0n) is 13.4. The Labute approximate surface area is 146 Å². The number of rotatable bonds is 3. The standard InChI is InChI=1S/C17H19ClN4O2/c1-24-15-6-3-7-19-16(15)20-17(23)22-10-8-21(9-11-22)14-5-2-4-13(18)12-14/h2-7,12H,8-11H2,1H3,(H,19,20,23). The molecule has 0 radical (unpaired) electrons. The Morgan fingerprint density at radius 2 is 2.00 bits per heavy atom. The Morgan fingerprint density at radius 3 is 2.71 bits per heavy atom. The van der Waals surface area contributed by atoms with Crippen LogP contribution in [0, 0.1) is 0 Å². The van der Waals surface area contributed by atoms with Crippen LogP contribution in [-0.2, 0) is 0 Å². The molecule has 6 nitrogen and oxygen atoms in total. The van der Waals surface area contributed by atoms with Crippen molar-refractivity contribution in [2.45, 2.75) is 0 Å². The first kappa shape index (κ1) is 16.4. The number of hydrogen-bond donors (Lipinski definition) is 1. The van der Waals surface area contributed by atoms with Crippen molar-refractivity contribution < 1.29 is 9.53 Å². The summed E-state index contributed by atoms with van der Waals surface area (Å²) < 4.78 is 5.20. The number of pyridine rings is 1. The van der Waals surface area contributed by atoms with Crippen molar-refractivity contribution in [2.24, 2.45) is 0 Å². The third-order valence-electron chi connectivity index (χ3n) is 3.96. The maximum Gasteiger partial charge on any atom is 0.323 e. The summed E-state index contributed by atoms with van der Waals surface area (Å²) in [7, 11) is 1.55. The minimum Gasteiger partial charge on any atom is -0.493 e. The lowest BCUT2D eigenvalue weighted by Crippen LogP contribution is -2.50. The SMILES string of the molecule is COc1cccnc1NC(=O)N1CCN(c2cccc(Cl)c2)CC1. The summed E-state index contributed by atoms with van der Waals surface area (Å²) in [5.74, 6) is 0.977. The summed E-state index contributed by atoms with van der Waals surface area (Å²) in [5, 5.41) is 3.52. The number of piperazine rings is 1. The van der Waals surface area contributed by atoms with E-state index < -0.39 is 0 Å². The van der Waals surface area contributed by atoms with Gasteiger partial charge < -0.3 is 14.5 Å². The number of urea groups is 1. The second kappa shape index (κ2) is 7.40. The lowest BCUT2D eigenvalue weighted by Gasteiger charge is -2.36. The third-order valence-corrected chi connectivity index (χ3v) is 4.19. The fourth-order valence-corrected chi connectivity index (χ4v) is 2.85. The van der Waals surface area contributed by atoms with E-state index in [0.29, 0.717) is 24.7 Å². The molecule has 1 aliphatic heterocycles. The number of anilines is 2. The summed E-state index contributed by atoms with van der Waals surface area (Å²) in [6, 6.07) is 11.1. The summed E-state index contributed by atoms with van der Waals surface area (Å²) in [4.78, 5) is 20.6. The Kier molecular flexibility index (Phi) is 5.05. The molecule has 1 aromatic carbocycles. The molecule has 0 atom stereocenters. The number of carbonyl (C=O) groups is 1. The summed E-state index contributed by atoms with van der Waals surface area (Å²) in [6.45, 7) is 2.78. The van der Waals surface area contributed by atoms with Crippen molar-refractivity contribution in [2.75, 3.05) is 43.5 Å². The molecule has 24 heavy (non-hydrogen) atoms. The van der Waals surface area contributed by atoms with Crippen molar-refractivity contribution in [1.82, 2.24) is 9.88 Å². The maximum absolute atomic E-state index is 12.4. The first-order valence-electron chi connectivity index (χ1n) is 7.73. The summed E-state index contributed by atoms with van der Waals surface area (Å²) in [5.41, 5.74) is 1.08. The number of amides is 2. The van der Waals surface area contributed by atoms with Gasteiger partial charge in [-0.15, -0.1) is 0 Å². The summed E-state index contributed by atoms with van der Waals surface area (Å²) in [6.07, 6.45) is 1.62. The Balaban J connectivity index is 1.59. The quantitative estimate of drug-likeness (QED) is 0.927. The second-order valence-electron chi connectivity index (χ2n) is 5.44. The van der Waals surface area contributed by atoms with E-state index in [0.717, 1.165) is 23.8 Å². The fraction of sp³-hybridized carbons (Fsp3) is 0.294. The zero-order chi connectivity index (χ0) is 16.9. The first-order chi connectivity index (χ1) is 11.7. The zero-order valence-corrected chi connectivity index (χ0v) is 14.2.